The largest absolute Gasteiger partial charge is 0.369 e. The number of benzene rings is 2. The van der Waals surface area contributed by atoms with E-state index in [0.717, 1.165) is 17.8 Å². The topological polar surface area (TPSA) is 24.1 Å². The molecular weight excluding hydrogens is 270 g/mol. The molecule has 0 radical (unpaired) electrons. The van der Waals surface area contributed by atoms with E-state index in [9.17, 15) is 0 Å². The van der Waals surface area contributed by atoms with Crippen molar-refractivity contribution < 1.29 is 0 Å². The molecule has 2 N–H and O–H groups in total. The van der Waals surface area contributed by atoms with Crippen LogP contribution in [-0.4, -0.2) is 0 Å². The van der Waals surface area contributed by atoms with Gasteiger partial charge in [0.25, 0.3) is 0 Å². The standard InChI is InChI=1S/C15H20N2P2/c1-3-11-9-13(17-19)5-7-15(11)14-6-4-12(16-18)8-10(14)2/h4-9,16-17H,3,18-19H2,1-2H3. The molecule has 0 aliphatic rings. The molecule has 2 atom stereocenters. The van der Waals surface area contributed by atoms with Crippen molar-refractivity contribution in [1.29, 1.82) is 0 Å². The first-order valence-corrected chi connectivity index (χ1v) is 7.52. The van der Waals surface area contributed by atoms with E-state index in [1.807, 2.05) is 0 Å². The molecule has 2 aromatic rings. The van der Waals surface area contributed by atoms with E-state index in [1.165, 1.54) is 22.3 Å². The van der Waals surface area contributed by atoms with Crippen molar-refractivity contribution in [1.82, 2.24) is 0 Å². The zero-order valence-electron chi connectivity index (χ0n) is 11.3. The molecule has 0 fully saturated rings. The molecule has 2 aromatic carbocycles. The SMILES string of the molecule is CCc1cc(NP)ccc1-c1ccc(NP)cc1C. The normalized spacial score (nSPS) is 10.3. The fourth-order valence-electron chi connectivity index (χ4n) is 2.29. The van der Waals surface area contributed by atoms with Gasteiger partial charge in [-0.3, -0.25) is 0 Å². The molecule has 0 saturated heterocycles. The summed E-state index contributed by atoms with van der Waals surface area (Å²) in [6, 6.07) is 13.0. The highest BCUT2D eigenvalue weighted by molar-refractivity contribution is 7.18. The molecule has 0 aliphatic carbocycles. The second kappa shape index (κ2) is 6.37. The number of rotatable bonds is 4. The van der Waals surface area contributed by atoms with Crippen molar-refractivity contribution in [3.05, 3.63) is 47.5 Å². The van der Waals surface area contributed by atoms with Crippen molar-refractivity contribution >= 4 is 30.2 Å². The summed E-state index contributed by atoms with van der Waals surface area (Å²) in [6.07, 6.45) is 1.03. The van der Waals surface area contributed by atoms with Gasteiger partial charge in [0.1, 0.15) is 0 Å². The van der Waals surface area contributed by atoms with Crippen molar-refractivity contribution in [2.24, 2.45) is 0 Å². The smallest absolute Gasteiger partial charge is 0.0371 e. The van der Waals surface area contributed by atoms with Crippen LogP contribution >= 0.6 is 18.8 Å². The van der Waals surface area contributed by atoms with Crippen LogP contribution in [0.2, 0.25) is 0 Å². The first-order valence-electron chi connectivity index (χ1n) is 6.36. The summed E-state index contributed by atoms with van der Waals surface area (Å²) >= 11 is 0. The Morgan fingerprint density at radius 2 is 1.47 bits per heavy atom. The van der Waals surface area contributed by atoms with Crippen LogP contribution in [0.3, 0.4) is 0 Å². The van der Waals surface area contributed by atoms with Crippen LogP contribution in [0, 0.1) is 6.92 Å². The molecule has 0 aromatic heterocycles. The van der Waals surface area contributed by atoms with E-state index in [4.69, 9.17) is 0 Å². The Labute approximate surface area is 119 Å². The molecule has 2 nitrogen and oxygen atoms in total. The Balaban J connectivity index is 2.52. The highest BCUT2D eigenvalue weighted by Gasteiger charge is 2.08. The molecule has 19 heavy (non-hydrogen) atoms. The number of hydrogen-bond donors (Lipinski definition) is 2. The molecule has 0 aliphatic heterocycles. The lowest BCUT2D eigenvalue weighted by Gasteiger charge is -2.14. The third kappa shape index (κ3) is 3.08. The average molecular weight is 290 g/mol. The van der Waals surface area contributed by atoms with Crippen molar-refractivity contribution in [3.8, 4) is 11.1 Å². The first kappa shape index (κ1) is 14.3. The predicted molar refractivity (Wildman–Crippen MR) is 92.7 cm³/mol. The van der Waals surface area contributed by atoms with Crippen LogP contribution in [0.5, 0.6) is 0 Å². The number of hydrogen-bond acceptors (Lipinski definition) is 2. The summed E-state index contributed by atoms with van der Waals surface area (Å²) in [6.45, 7) is 4.35. The first-order chi connectivity index (χ1) is 9.19. The molecule has 0 amide bonds. The third-order valence-electron chi connectivity index (χ3n) is 3.34. The lowest BCUT2D eigenvalue weighted by Crippen LogP contribution is -1.93. The quantitative estimate of drug-likeness (QED) is 0.802. The molecule has 2 rings (SSSR count). The minimum absolute atomic E-state index is 1.03. The Kier molecular flexibility index (Phi) is 4.80. The van der Waals surface area contributed by atoms with Crippen molar-refractivity contribution in [3.63, 3.8) is 0 Å². The summed E-state index contributed by atoms with van der Waals surface area (Å²) in [5.74, 6) is 0. The minimum Gasteiger partial charge on any atom is -0.369 e. The molecule has 2 unspecified atom stereocenters. The fourth-order valence-corrected chi connectivity index (χ4v) is 2.65. The average Bonchev–Trinajstić information content (AvgIpc) is 2.46. The maximum absolute atomic E-state index is 3.12. The summed E-state index contributed by atoms with van der Waals surface area (Å²) in [7, 11) is 5.07. The molecule has 4 heteroatoms. The van der Waals surface area contributed by atoms with E-state index in [2.05, 4.69) is 79.2 Å². The highest BCUT2D eigenvalue weighted by Crippen LogP contribution is 2.31. The van der Waals surface area contributed by atoms with Crippen LogP contribution in [0.25, 0.3) is 11.1 Å². The number of anilines is 2. The van der Waals surface area contributed by atoms with Crippen molar-refractivity contribution in [2.45, 2.75) is 20.3 Å². The maximum atomic E-state index is 3.12. The van der Waals surface area contributed by atoms with Gasteiger partial charge >= 0.3 is 0 Å². The van der Waals surface area contributed by atoms with Gasteiger partial charge in [-0.1, -0.05) is 19.1 Å². The van der Waals surface area contributed by atoms with Crippen molar-refractivity contribution in [2.75, 3.05) is 10.2 Å². The third-order valence-corrected chi connectivity index (χ3v) is 4.00. The molecule has 0 bridgehead atoms. The van der Waals surface area contributed by atoms with Crippen LogP contribution in [0.4, 0.5) is 11.4 Å². The maximum Gasteiger partial charge on any atom is 0.0371 e. The van der Waals surface area contributed by atoms with Gasteiger partial charge in [0.15, 0.2) is 0 Å². The fraction of sp³-hybridized carbons (Fsp3) is 0.200. The zero-order chi connectivity index (χ0) is 13.8. The zero-order valence-corrected chi connectivity index (χ0v) is 13.6. The summed E-state index contributed by atoms with van der Waals surface area (Å²) in [4.78, 5) is 0. The van der Waals surface area contributed by atoms with Gasteiger partial charge in [0.2, 0.25) is 0 Å². The van der Waals surface area contributed by atoms with E-state index in [-0.39, 0.29) is 0 Å². The monoisotopic (exact) mass is 290 g/mol. The van der Waals surface area contributed by atoms with E-state index < -0.39 is 0 Å². The van der Waals surface area contributed by atoms with Crippen LogP contribution in [-0.2, 0) is 6.42 Å². The molecular formula is C15H20N2P2. The van der Waals surface area contributed by atoms with Crippen LogP contribution in [0.1, 0.15) is 18.1 Å². The van der Waals surface area contributed by atoms with E-state index >= 15 is 0 Å². The van der Waals surface area contributed by atoms with Gasteiger partial charge in [-0.15, -0.1) is 0 Å². The van der Waals surface area contributed by atoms with Gasteiger partial charge in [-0.05, 0) is 78.6 Å². The highest BCUT2D eigenvalue weighted by atomic mass is 31.0. The van der Waals surface area contributed by atoms with Gasteiger partial charge in [-0.25, -0.2) is 0 Å². The summed E-state index contributed by atoms with van der Waals surface area (Å²) in [5.41, 5.74) is 7.52. The molecule has 100 valence electrons. The molecule has 0 heterocycles. The molecule has 0 saturated carbocycles. The van der Waals surface area contributed by atoms with Gasteiger partial charge in [0, 0.05) is 11.4 Å². The van der Waals surface area contributed by atoms with Crippen LogP contribution in [0.15, 0.2) is 36.4 Å². The van der Waals surface area contributed by atoms with Crippen LogP contribution < -0.4 is 10.2 Å². The second-order valence-corrected chi connectivity index (χ2v) is 5.12. The van der Waals surface area contributed by atoms with E-state index in [1.54, 1.807) is 0 Å². The predicted octanol–water partition coefficient (Wildman–Crippen LogP) is 4.63. The Morgan fingerprint density at radius 1 is 0.895 bits per heavy atom. The van der Waals surface area contributed by atoms with Gasteiger partial charge in [-0.2, -0.15) is 0 Å². The lowest BCUT2D eigenvalue weighted by molar-refractivity contribution is 1.14. The summed E-state index contributed by atoms with van der Waals surface area (Å²) < 4.78 is 0. The lowest BCUT2D eigenvalue weighted by atomic mass is 9.94. The molecule has 0 spiro atoms. The summed E-state index contributed by atoms with van der Waals surface area (Å²) in [5, 5.41) is 6.21. The number of nitrogens with one attached hydrogen (secondary N) is 2. The minimum atomic E-state index is 1.03. The Morgan fingerprint density at radius 3 is 2.00 bits per heavy atom. The number of aryl methyl sites for hydroxylation is 2. The Hall–Kier alpha value is -1.10. The second-order valence-electron chi connectivity index (χ2n) is 4.54. The Bertz CT molecular complexity index is 582. The van der Waals surface area contributed by atoms with Gasteiger partial charge < -0.3 is 10.2 Å². The van der Waals surface area contributed by atoms with Gasteiger partial charge in [0.05, 0.1) is 0 Å². The van der Waals surface area contributed by atoms with E-state index in [0.29, 0.717) is 0 Å².